The molecule has 0 radical (unpaired) electrons. The molecule has 1 aliphatic heterocycles. The predicted molar refractivity (Wildman–Crippen MR) is 104 cm³/mol. The van der Waals surface area contributed by atoms with Crippen LogP contribution in [0.25, 0.3) is 22.3 Å². The summed E-state index contributed by atoms with van der Waals surface area (Å²) in [6.07, 6.45) is 2.01. The van der Waals surface area contributed by atoms with Crippen molar-refractivity contribution in [2.24, 2.45) is 0 Å². The molecule has 28 heavy (non-hydrogen) atoms. The van der Waals surface area contributed by atoms with E-state index in [2.05, 4.69) is 5.32 Å². The predicted octanol–water partition coefficient (Wildman–Crippen LogP) is 5.15. The Hall–Kier alpha value is -2.86. The Morgan fingerprint density at radius 1 is 1.29 bits per heavy atom. The van der Waals surface area contributed by atoms with E-state index < -0.39 is 5.97 Å². The molecule has 1 aliphatic rings. The number of carbonyl (C=O) groups is 1. The normalized spacial score (nSPS) is 16.8. The number of rotatable bonds is 5. The summed E-state index contributed by atoms with van der Waals surface area (Å²) in [6, 6.07) is 9.38. The second-order valence-corrected chi connectivity index (χ2v) is 7.32. The lowest BCUT2D eigenvalue weighted by Gasteiger charge is -2.18. The van der Waals surface area contributed by atoms with Crippen LogP contribution in [0.4, 0.5) is 4.39 Å². The van der Waals surface area contributed by atoms with Gasteiger partial charge in [-0.15, -0.1) is 0 Å². The minimum absolute atomic E-state index is 0.0469. The maximum absolute atomic E-state index is 13.3. The van der Waals surface area contributed by atoms with Crippen molar-refractivity contribution in [3.8, 4) is 17.1 Å². The highest BCUT2D eigenvalue weighted by Crippen LogP contribution is 2.40. The van der Waals surface area contributed by atoms with E-state index in [1.54, 1.807) is 6.07 Å². The number of hydrogen-bond acceptors (Lipinski definition) is 4. The number of aromatic carboxylic acids is 1. The summed E-state index contributed by atoms with van der Waals surface area (Å²) in [5.74, 6) is -0.607. The van der Waals surface area contributed by atoms with Crippen molar-refractivity contribution in [2.45, 2.75) is 38.8 Å². The van der Waals surface area contributed by atoms with Crippen molar-refractivity contribution in [3.05, 3.63) is 53.3 Å². The lowest BCUT2D eigenvalue weighted by Crippen LogP contribution is -2.16. The highest BCUT2D eigenvalue weighted by Gasteiger charge is 2.27. The number of ether oxygens (including phenoxy) is 1. The lowest BCUT2D eigenvalue weighted by molar-refractivity contribution is 0.0699. The molecule has 0 saturated carbocycles. The standard InChI is InChI=1S/C22H22FNO4/c1-12(2)27-18-11-16-19(10-15(18)17-4-3-9-24-17)28-21(20(16)22(25)26)13-5-7-14(23)8-6-13/h5-8,10-12,17,24H,3-4,9H2,1-2H3,(H,25,26). The molecule has 0 aliphatic carbocycles. The molecule has 1 unspecified atom stereocenters. The Kier molecular flexibility index (Phi) is 4.81. The first-order chi connectivity index (χ1) is 13.4. The monoisotopic (exact) mass is 383 g/mol. The van der Waals surface area contributed by atoms with Gasteiger partial charge >= 0.3 is 5.97 Å². The second kappa shape index (κ2) is 7.28. The molecule has 2 heterocycles. The molecule has 1 aromatic heterocycles. The first-order valence-electron chi connectivity index (χ1n) is 9.43. The minimum Gasteiger partial charge on any atom is -0.491 e. The molecule has 146 valence electrons. The van der Waals surface area contributed by atoms with Crippen molar-refractivity contribution in [3.63, 3.8) is 0 Å². The molecule has 4 rings (SSSR count). The average Bonchev–Trinajstić information content (AvgIpc) is 3.28. The minimum atomic E-state index is -1.10. The van der Waals surface area contributed by atoms with Crippen LogP contribution in [0.1, 0.15) is 48.7 Å². The van der Waals surface area contributed by atoms with Crippen LogP contribution in [0.15, 0.2) is 40.8 Å². The van der Waals surface area contributed by atoms with Gasteiger partial charge in [0.05, 0.1) is 6.10 Å². The SMILES string of the molecule is CC(C)Oc1cc2c(C(=O)O)c(-c3ccc(F)cc3)oc2cc1C1CCCN1. The van der Waals surface area contributed by atoms with Crippen LogP contribution < -0.4 is 10.1 Å². The molecule has 5 nitrogen and oxygen atoms in total. The van der Waals surface area contributed by atoms with Gasteiger partial charge < -0.3 is 19.6 Å². The van der Waals surface area contributed by atoms with Gasteiger partial charge in [-0.3, -0.25) is 0 Å². The third kappa shape index (κ3) is 3.36. The fraction of sp³-hybridized carbons (Fsp3) is 0.318. The van der Waals surface area contributed by atoms with Crippen molar-refractivity contribution in [1.29, 1.82) is 0 Å². The number of nitrogens with one attached hydrogen (secondary N) is 1. The fourth-order valence-corrected chi connectivity index (χ4v) is 3.73. The van der Waals surface area contributed by atoms with Crippen LogP contribution in [-0.4, -0.2) is 23.7 Å². The first-order valence-corrected chi connectivity index (χ1v) is 9.43. The fourth-order valence-electron chi connectivity index (χ4n) is 3.73. The van der Waals surface area contributed by atoms with Crippen LogP contribution >= 0.6 is 0 Å². The molecule has 1 fully saturated rings. The van der Waals surface area contributed by atoms with Gasteiger partial charge in [-0.1, -0.05) is 0 Å². The van der Waals surface area contributed by atoms with Crippen LogP contribution in [0.2, 0.25) is 0 Å². The van der Waals surface area contributed by atoms with Gasteiger partial charge in [0, 0.05) is 22.6 Å². The number of fused-ring (bicyclic) bond motifs is 1. The molecule has 2 N–H and O–H groups in total. The zero-order valence-electron chi connectivity index (χ0n) is 15.8. The van der Waals surface area contributed by atoms with E-state index in [0.29, 0.717) is 22.3 Å². The summed E-state index contributed by atoms with van der Waals surface area (Å²) in [5.41, 5.74) is 2.02. The number of carboxylic acids is 1. The molecule has 1 saturated heterocycles. The smallest absolute Gasteiger partial charge is 0.340 e. The Morgan fingerprint density at radius 2 is 2.04 bits per heavy atom. The topological polar surface area (TPSA) is 71.7 Å². The third-order valence-corrected chi connectivity index (χ3v) is 4.94. The maximum atomic E-state index is 13.3. The van der Waals surface area contributed by atoms with Crippen LogP contribution in [-0.2, 0) is 0 Å². The summed E-state index contributed by atoms with van der Waals surface area (Å²) >= 11 is 0. The molecule has 2 aromatic carbocycles. The Labute approximate surface area is 162 Å². The molecule has 0 spiro atoms. The highest BCUT2D eigenvalue weighted by atomic mass is 19.1. The van der Waals surface area contributed by atoms with E-state index >= 15 is 0 Å². The molecule has 6 heteroatoms. The summed E-state index contributed by atoms with van der Waals surface area (Å²) in [5, 5.41) is 13.8. The number of carboxylic acid groups (broad SMARTS) is 1. The number of benzene rings is 2. The van der Waals surface area contributed by atoms with Crippen molar-refractivity contribution in [1.82, 2.24) is 5.32 Å². The van der Waals surface area contributed by atoms with Gasteiger partial charge in [-0.25, -0.2) is 9.18 Å². The van der Waals surface area contributed by atoms with Gasteiger partial charge in [0.2, 0.25) is 0 Å². The highest BCUT2D eigenvalue weighted by molar-refractivity contribution is 6.08. The Morgan fingerprint density at radius 3 is 2.64 bits per heavy atom. The molecular formula is C22H22FNO4. The zero-order chi connectivity index (χ0) is 19.8. The number of halogens is 1. The van der Waals surface area contributed by atoms with E-state index in [4.69, 9.17) is 9.15 Å². The van der Waals surface area contributed by atoms with Crippen LogP contribution in [0.5, 0.6) is 5.75 Å². The van der Waals surface area contributed by atoms with Crippen molar-refractivity contribution < 1.29 is 23.4 Å². The quantitative estimate of drug-likeness (QED) is 0.638. The number of furan rings is 1. The van der Waals surface area contributed by atoms with Crippen molar-refractivity contribution in [2.75, 3.05) is 6.54 Å². The molecule has 3 aromatic rings. The molecule has 0 bridgehead atoms. The molecule has 1 atom stereocenters. The Bertz CT molecular complexity index is 1020. The van der Waals surface area contributed by atoms with E-state index in [-0.39, 0.29) is 29.3 Å². The van der Waals surface area contributed by atoms with Crippen LogP contribution in [0, 0.1) is 5.82 Å². The summed E-state index contributed by atoms with van der Waals surface area (Å²) in [4.78, 5) is 12.0. The van der Waals surface area contributed by atoms with Gasteiger partial charge in [-0.2, -0.15) is 0 Å². The van der Waals surface area contributed by atoms with E-state index in [1.807, 2.05) is 19.9 Å². The molecule has 0 amide bonds. The second-order valence-electron chi connectivity index (χ2n) is 7.32. The average molecular weight is 383 g/mol. The summed E-state index contributed by atoms with van der Waals surface area (Å²) in [7, 11) is 0. The van der Waals surface area contributed by atoms with E-state index in [0.717, 1.165) is 24.9 Å². The number of hydrogen-bond donors (Lipinski definition) is 2. The van der Waals surface area contributed by atoms with Gasteiger partial charge in [0.25, 0.3) is 0 Å². The third-order valence-electron chi connectivity index (χ3n) is 4.94. The van der Waals surface area contributed by atoms with E-state index in [9.17, 15) is 14.3 Å². The lowest BCUT2D eigenvalue weighted by atomic mass is 10.00. The maximum Gasteiger partial charge on any atom is 0.340 e. The van der Waals surface area contributed by atoms with Gasteiger partial charge in [0.1, 0.15) is 28.5 Å². The first kappa shape index (κ1) is 18.5. The van der Waals surface area contributed by atoms with Crippen LogP contribution in [0.3, 0.4) is 0 Å². The largest absolute Gasteiger partial charge is 0.491 e. The molecular weight excluding hydrogens is 361 g/mol. The van der Waals surface area contributed by atoms with Crippen molar-refractivity contribution >= 4 is 16.9 Å². The van der Waals surface area contributed by atoms with E-state index in [1.165, 1.54) is 24.3 Å². The zero-order valence-corrected chi connectivity index (χ0v) is 15.8. The summed E-state index contributed by atoms with van der Waals surface area (Å²) < 4.78 is 25.3. The van der Waals surface area contributed by atoms with Gasteiger partial charge in [-0.05, 0) is 69.6 Å². The Balaban J connectivity index is 1.93. The summed E-state index contributed by atoms with van der Waals surface area (Å²) in [6.45, 7) is 4.81. The van der Waals surface area contributed by atoms with Gasteiger partial charge in [0.15, 0.2) is 0 Å².